The molecule has 0 bridgehead atoms. The fourth-order valence-electron chi connectivity index (χ4n) is 2.69. The second kappa shape index (κ2) is 5.99. The SMILES string of the molecule is CC1CCN(S(=O)(=O)c2ccc(CNC3CC3)s2)CC1C. The van der Waals surface area contributed by atoms with Crippen LogP contribution < -0.4 is 5.32 Å². The van der Waals surface area contributed by atoms with Crippen molar-refractivity contribution in [2.75, 3.05) is 13.1 Å². The largest absolute Gasteiger partial charge is 0.309 e. The molecule has 0 amide bonds. The molecule has 1 aliphatic heterocycles. The molecule has 0 spiro atoms. The average molecular weight is 329 g/mol. The summed E-state index contributed by atoms with van der Waals surface area (Å²) in [5, 5.41) is 3.43. The second-order valence-electron chi connectivity index (χ2n) is 6.48. The Balaban J connectivity index is 1.69. The van der Waals surface area contributed by atoms with E-state index < -0.39 is 10.0 Å². The standard InChI is InChI=1S/C15H24N2O2S2/c1-11-7-8-17(10-12(11)2)21(18,19)15-6-5-14(20-15)9-16-13-3-4-13/h5-6,11-13,16H,3-4,7-10H2,1-2H3. The summed E-state index contributed by atoms with van der Waals surface area (Å²) < 4.78 is 27.6. The van der Waals surface area contributed by atoms with Crippen LogP contribution in [0, 0.1) is 11.8 Å². The summed E-state index contributed by atoms with van der Waals surface area (Å²) in [5.74, 6) is 1.04. The van der Waals surface area contributed by atoms with Crippen molar-refractivity contribution in [3.05, 3.63) is 17.0 Å². The van der Waals surface area contributed by atoms with Crippen LogP contribution in [0.25, 0.3) is 0 Å². The van der Waals surface area contributed by atoms with Crippen LogP contribution in [0.5, 0.6) is 0 Å². The van der Waals surface area contributed by atoms with Gasteiger partial charge in [0.15, 0.2) is 0 Å². The Kier molecular flexibility index (Phi) is 4.41. The first-order valence-corrected chi connectivity index (χ1v) is 10.0. The van der Waals surface area contributed by atoms with Crippen molar-refractivity contribution in [1.82, 2.24) is 9.62 Å². The van der Waals surface area contributed by atoms with Crippen LogP contribution >= 0.6 is 11.3 Å². The summed E-state index contributed by atoms with van der Waals surface area (Å²) in [4.78, 5) is 1.11. The molecule has 2 fully saturated rings. The van der Waals surface area contributed by atoms with Crippen molar-refractivity contribution in [1.29, 1.82) is 0 Å². The van der Waals surface area contributed by atoms with E-state index in [-0.39, 0.29) is 0 Å². The zero-order chi connectivity index (χ0) is 15.0. The zero-order valence-corrected chi connectivity index (χ0v) is 14.3. The van der Waals surface area contributed by atoms with E-state index in [0.717, 1.165) is 17.8 Å². The van der Waals surface area contributed by atoms with Gasteiger partial charge in [-0.3, -0.25) is 0 Å². The summed E-state index contributed by atoms with van der Waals surface area (Å²) in [6.07, 6.45) is 3.46. The number of nitrogens with one attached hydrogen (secondary N) is 1. The van der Waals surface area contributed by atoms with Crippen molar-refractivity contribution >= 4 is 21.4 Å². The van der Waals surface area contributed by atoms with Gasteiger partial charge in [0.2, 0.25) is 0 Å². The van der Waals surface area contributed by atoms with E-state index in [1.54, 1.807) is 10.4 Å². The van der Waals surface area contributed by atoms with E-state index >= 15 is 0 Å². The fraction of sp³-hybridized carbons (Fsp3) is 0.733. The number of thiophene rings is 1. The topological polar surface area (TPSA) is 49.4 Å². The van der Waals surface area contributed by atoms with Crippen molar-refractivity contribution < 1.29 is 8.42 Å². The van der Waals surface area contributed by atoms with Gasteiger partial charge in [-0.05, 0) is 43.2 Å². The summed E-state index contributed by atoms with van der Waals surface area (Å²) in [7, 11) is -3.30. The second-order valence-corrected chi connectivity index (χ2v) is 9.82. The minimum Gasteiger partial charge on any atom is -0.309 e. The molecule has 4 nitrogen and oxygen atoms in total. The lowest BCUT2D eigenvalue weighted by Gasteiger charge is -2.34. The van der Waals surface area contributed by atoms with Gasteiger partial charge in [-0.2, -0.15) is 4.31 Å². The van der Waals surface area contributed by atoms with Crippen molar-refractivity contribution in [3.63, 3.8) is 0 Å². The Morgan fingerprint density at radius 3 is 2.67 bits per heavy atom. The maximum atomic E-state index is 12.7. The molecule has 1 aliphatic carbocycles. The van der Waals surface area contributed by atoms with Gasteiger partial charge in [-0.15, -0.1) is 11.3 Å². The number of sulfonamides is 1. The van der Waals surface area contributed by atoms with Gasteiger partial charge < -0.3 is 5.32 Å². The van der Waals surface area contributed by atoms with E-state index in [1.165, 1.54) is 24.2 Å². The molecule has 2 unspecified atom stereocenters. The van der Waals surface area contributed by atoms with Gasteiger partial charge >= 0.3 is 0 Å². The molecule has 6 heteroatoms. The molecular weight excluding hydrogens is 304 g/mol. The molecule has 1 saturated carbocycles. The molecular formula is C15H24N2O2S2. The van der Waals surface area contributed by atoms with Gasteiger partial charge in [0.25, 0.3) is 10.0 Å². The van der Waals surface area contributed by atoms with E-state index in [9.17, 15) is 8.42 Å². The summed E-state index contributed by atoms with van der Waals surface area (Å²) in [6, 6.07) is 4.37. The van der Waals surface area contributed by atoms with Gasteiger partial charge in [0.1, 0.15) is 4.21 Å². The minimum absolute atomic E-state index is 0.435. The maximum Gasteiger partial charge on any atom is 0.252 e. The first-order chi connectivity index (χ1) is 9.96. The molecule has 3 rings (SSSR count). The van der Waals surface area contributed by atoms with Crippen LogP contribution in [0.15, 0.2) is 16.3 Å². The molecule has 1 saturated heterocycles. The van der Waals surface area contributed by atoms with Crippen LogP contribution in [-0.2, 0) is 16.6 Å². The first-order valence-electron chi connectivity index (χ1n) is 7.79. The molecule has 2 aliphatic rings. The first kappa shape index (κ1) is 15.5. The van der Waals surface area contributed by atoms with Crippen LogP contribution in [0.3, 0.4) is 0 Å². The molecule has 21 heavy (non-hydrogen) atoms. The van der Waals surface area contributed by atoms with Gasteiger partial charge in [-0.1, -0.05) is 13.8 Å². The predicted molar refractivity (Wildman–Crippen MR) is 85.9 cm³/mol. The maximum absolute atomic E-state index is 12.7. The van der Waals surface area contributed by atoms with Crippen molar-refractivity contribution in [3.8, 4) is 0 Å². The minimum atomic E-state index is -3.30. The molecule has 1 aromatic heterocycles. The van der Waals surface area contributed by atoms with Gasteiger partial charge in [-0.25, -0.2) is 8.42 Å². The lowest BCUT2D eigenvalue weighted by Crippen LogP contribution is -2.41. The van der Waals surface area contributed by atoms with Gasteiger partial charge in [0.05, 0.1) is 0 Å². The van der Waals surface area contributed by atoms with E-state index in [2.05, 4.69) is 19.2 Å². The van der Waals surface area contributed by atoms with Crippen LogP contribution in [0.1, 0.15) is 38.0 Å². The van der Waals surface area contributed by atoms with Crippen LogP contribution in [0.4, 0.5) is 0 Å². The number of piperidine rings is 1. The normalized spacial score (nSPS) is 27.9. The van der Waals surface area contributed by atoms with Crippen molar-refractivity contribution in [2.45, 2.75) is 49.9 Å². The number of nitrogens with zero attached hydrogens (tertiary/aromatic N) is 1. The van der Waals surface area contributed by atoms with E-state index in [0.29, 0.717) is 35.2 Å². The number of rotatable bonds is 5. The van der Waals surface area contributed by atoms with E-state index in [1.807, 2.05) is 6.07 Å². The number of hydrogen-bond donors (Lipinski definition) is 1. The molecule has 2 heterocycles. The molecule has 1 aromatic rings. The highest BCUT2D eigenvalue weighted by Gasteiger charge is 2.32. The van der Waals surface area contributed by atoms with Crippen LogP contribution in [0.2, 0.25) is 0 Å². The summed E-state index contributed by atoms with van der Waals surface area (Å²) in [6.45, 7) is 6.45. The smallest absolute Gasteiger partial charge is 0.252 e. The average Bonchev–Trinajstić information content (AvgIpc) is 3.15. The molecule has 1 N–H and O–H groups in total. The summed E-state index contributed by atoms with van der Waals surface area (Å²) >= 11 is 1.41. The quantitative estimate of drug-likeness (QED) is 0.904. The highest BCUT2D eigenvalue weighted by atomic mass is 32.2. The molecule has 118 valence electrons. The Morgan fingerprint density at radius 2 is 2.00 bits per heavy atom. The Morgan fingerprint density at radius 1 is 1.24 bits per heavy atom. The molecule has 2 atom stereocenters. The highest BCUT2D eigenvalue weighted by Crippen LogP contribution is 2.30. The lowest BCUT2D eigenvalue weighted by molar-refractivity contribution is 0.213. The highest BCUT2D eigenvalue weighted by molar-refractivity contribution is 7.91. The van der Waals surface area contributed by atoms with E-state index in [4.69, 9.17) is 0 Å². The third-order valence-corrected chi connectivity index (χ3v) is 8.09. The third-order valence-electron chi connectivity index (χ3n) is 4.67. The summed E-state index contributed by atoms with van der Waals surface area (Å²) in [5.41, 5.74) is 0. The Hall–Kier alpha value is -0.430. The lowest BCUT2D eigenvalue weighted by atomic mass is 9.90. The Bertz CT molecular complexity index is 593. The number of hydrogen-bond acceptors (Lipinski definition) is 4. The fourth-order valence-corrected chi connectivity index (χ4v) is 5.71. The predicted octanol–water partition coefficient (Wildman–Crippen LogP) is 2.67. The zero-order valence-electron chi connectivity index (χ0n) is 12.7. The monoisotopic (exact) mass is 328 g/mol. The molecule has 0 radical (unpaired) electrons. The Labute approximate surface area is 131 Å². The van der Waals surface area contributed by atoms with Crippen molar-refractivity contribution in [2.24, 2.45) is 11.8 Å². The third kappa shape index (κ3) is 3.50. The van der Waals surface area contributed by atoms with Crippen LogP contribution in [-0.4, -0.2) is 31.9 Å². The molecule has 0 aromatic carbocycles. The van der Waals surface area contributed by atoms with Gasteiger partial charge in [0, 0.05) is 30.6 Å².